The number of rotatable bonds is 4. The van der Waals surface area contributed by atoms with E-state index in [9.17, 15) is 4.79 Å². The van der Waals surface area contributed by atoms with Crippen LogP contribution in [0.4, 0.5) is 0 Å². The minimum atomic E-state index is -0.810. The van der Waals surface area contributed by atoms with Gasteiger partial charge in [-0.2, -0.15) is 0 Å². The fraction of sp³-hybridized carbons (Fsp3) is 0.500. The highest BCUT2D eigenvalue weighted by atomic mass is 16.5. The van der Waals surface area contributed by atoms with Gasteiger partial charge < -0.3 is 9.84 Å². The molecule has 18 heavy (non-hydrogen) atoms. The van der Waals surface area contributed by atoms with Gasteiger partial charge in [-0.3, -0.25) is 10.1 Å². The van der Waals surface area contributed by atoms with E-state index in [2.05, 4.69) is 11.4 Å². The number of fused-ring (bicyclic) bond motifs is 1. The Hall–Kier alpha value is -1.55. The molecule has 1 aromatic carbocycles. The van der Waals surface area contributed by atoms with Gasteiger partial charge >= 0.3 is 5.97 Å². The first-order chi connectivity index (χ1) is 8.61. The molecule has 4 heteroatoms. The van der Waals surface area contributed by atoms with Crippen molar-refractivity contribution in [2.45, 2.75) is 38.3 Å². The Morgan fingerprint density at radius 1 is 1.56 bits per heavy atom. The summed E-state index contributed by atoms with van der Waals surface area (Å²) in [7, 11) is 1.66. The van der Waals surface area contributed by atoms with Gasteiger partial charge in [-0.15, -0.1) is 0 Å². The van der Waals surface area contributed by atoms with Crippen molar-refractivity contribution in [3.05, 3.63) is 29.3 Å². The van der Waals surface area contributed by atoms with E-state index >= 15 is 0 Å². The number of carbonyl (C=O) groups is 1. The number of hydrogen-bond donors (Lipinski definition) is 2. The summed E-state index contributed by atoms with van der Waals surface area (Å²) < 4.78 is 5.22. The topological polar surface area (TPSA) is 58.6 Å². The molecule has 2 rings (SSSR count). The molecule has 4 nitrogen and oxygen atoms in total. The summed E-state index contributed by atoms with van der Waals surface area (Å²) in [5, 5.41) is 12.1. The van der Waals surface area contributed by atoms with Gasteiger partial charge in [0, 0.05) is 6.04 Å². The van der Waals surface area contributed by atoms with Crippen molar-refractivity contribution in [3.8, 4) is 5.75 Å². The third-order valence-corrected chi connectivity index (χ3v) is 3.49. The van der Waals surface area contributed by atoms with Crippen LogP contribution in [0, 0.1) is 0 Å². The van der Waals surface area contributed by atoms with Crippen LogP contribution in [0.3, 0.4) is 0 Å². The first-order valence-corrected chi connectivity index (χ1v) is 6.27. The smallest absolute Gasteiger partial charge is 0.320 e. The van der Waals surface area contributed by atoms with E-state index in [4.69, 9.17) is 9.84 Å². The number of ether oxygens (including phenoxy) is 1. The average Bonchev–Trinajstić information content (AvgIpc) is 2.38. The number of nitrogens with one attached hydrogen (secondary N) is 1. The Bertz CT molecular complexity index is 445. The SMILES string of the molecule is COc1ccc2c(c1)CCCC2NC(C)C(=O)O. The first kappa shape index (κ1) is 12.9. The van der Waals surface area contributed by atoms with Gasteiger partial charge in [-0.1, -0.05) is 6.07 Å². The lowest BCUT2D eigenvalue weighted by Gasteiger charge is -2.28. The minimum Gasteiger partial charge on any atom is -0.497 e. The standard InChI is InChI=1S/C14H19NO3/c1-9(14(16)17)15-13-5-3-4-10-8-11(18-2)6-7-12(10)13/h6-9,13,15H,3-5H2,1-2H3,(H,16,17). The minimum absolute atomic E-state index is 0.130. The number of carboxylic acids is 1. The molecule has 0 aromatic heterocycles. The molecular weight excluding hydrogens is 230 g/mol. The Morgan fingerprint density at radius 2 is 2.33 bits per heavy atom. The van der Waals surface area contributed by atoms with Crippen molar-refractivity contribution in [1.82, 2.24) is 5.32 Å². The second-order valence-electron chi connectivity index (χ2n) is 4.74. The zero-order valence-electron chi connectivity index (χ0n) is 10.8. The van der Waals surface area contributed by atoms with E-state index in [-0.39, 0.29) is 6.04 Å². The number of aliphatic carboxylic acids is 1. The summed E-state index contributed by atoms with van der Waals surface area (Å²) >= 11 is 0. The molecule has 98 valence electrons. The van der Waals surface area contributed by atoms with Gasteiger partial charge in [-0.25, -0.2) is 0 Å². The summed E-state index contributed by atoms with van der Waals surface area (Å²) in [5.41, 5.74) is 2.46. The molecule has 0 saturated heterocycles. The van der Waals surface area contributed by atoms with Crippen molar-refractivity contribution in [3.63, 3.8) is 0 Å². The number of aryl methyl sites for hydroxylation is 1. The molecule has 1 aromatic rings. The fourth-order valence-electron chi connectivity index (χ4n) is 2.46. The molecule has 1 aliphatic rings. The molecule has 2 atom stereocenters. The van der Waals surface area contributed by atoms with Gasteiger partial charge in [0.2, 0.25) is 0 Å². The zero-order chi connectivity index (χ0) is 13.1. The monoisotopic (exact) mass is 249 g/mol. The highest BCUT2D eigenvalue weighted by molar-refractivity contribution is 5.72. The van der Waals surface area contributed by atoms with Crippen LogP contribution in [0.2, 0.25) is 0 Å². The first-order valence-electron chi connectivity index (χ1n) is 6.27. The number of benzene rings is 1. The molecule has 2 unspecified atom stereocenters. The third kappa shape index (κ3) is 2.64. The lowest BCUT2D eigenvalue weighted by molar-refractivity contribution is -0.139. The maximum Gasteiger partial charge on any atom is 0.320 e. The number of methoxy groups -OCH3 is 1. The summed E-state index contributed by atoms with van der Waals surface area (Å²) in [6.07, 6.45) is 3.09. The summed E-state index contributed by atoms with van der Waals surface area (Å²) in [5.74, 6) is 0.0521. The van der Waals surface area contributed by atoms with Crippen molar-refractivity contribution < 1.29 is 14.6 Å². The van der Waals surface area contributed by atoms with Crippen molar-refractivity contribution in [2.24, 2.45) is 0 Å². The summed E-state index contributed by atoms with van der Waals surface area (Å²) in [6, 6.07) is 5.63. The molecule has 0 amide bonds. The second-order valence-corrected chi connectivity index (χ2v) is 4.74. The molecule has 1 aliphatic carbocycles. The summed E-state index contributed by atoms with van der Waals surface area (Å²) in [6.45, 7) is 1.68. The van der Waals surface area contributed by atoms with Crippen LogP contribution >= 0.6 is 0 Å². The predicted molar refractivity (Wildman–Crippen MR) is 68.9 cm³/mol. The van der Waals surface area contributed by atoms with Gasteiger partial charge in [0.25, 0.3) is 0 Å². The Kier molecular flexibility index (Phi) is 3.87. The van der Waals surface area contributed by atoms with Crippen molar-refractivity contribution in [1.29, 1.82) is 0 Å². The molecule has 0 aliphatic heterocycles. The highest BCUT2D eigenvalue weighted by Crippen LogP contribution is 2.32. The zero-order valence-corrected chi connectivity index (χ0v) is 10.8. The molecule has 0 heterocycles. The van der Waals surface area contributed by atoms with E-state index in [1.54, 1.807) is 14.0 Å². The maximum absolute atomic E-state index is 10.9. The van der Waals surface area contributed by atoms with E-state index < -0.39 is 12.0 Å². The quantitative estimate of drug-likeness (QED) is 0.858. The Balaban J connectivity index is 2.20. The van der Waals surface area contributed by atoms with E-state index in [1.807, 2.05) is 12.1 Å². The van der Waals surface area contributed by atoms with Crippen LogP contribution in [0.15, 0.2) is 18.2 Å². The normalized spacial score (nSPS) is 20.0. The van der Waals surface area contributed by atoms with Crippen LogP contribution in [0.1, 0.15) is 36.9 Å². The number of hydrogen-bond acceptors (Lipinski definition) is 3. The van der Waals surface area contributed by atoms with Gasteiger partial charge in [-0.05, 0) is 49.4 Å². The van der Waals surface area contributed by atoms with E-state index in [0.717, 1.165) is 25.0 Å². The third-order valence-electron chi connectivity index (χ3n) is 3.49. The number of carboxylic acid groups (broad SMARTS) is 1. The maximum atomic E-state index is 10.9. The lowest BCUT2D eigenvalue weighted by Crippen LogP contribution is -2.38. The molecule has 0 saturated carbocycles. The van der Waals surface area contributed by atoms with Gasteiger partial charge in [0.1, 0.15) is 11.8 Å². The molecule has 0 radical (unpaired) electrons. The highest BCUT2D eigenvalue weighted by Gasteiger charge is 2.23. The molecular formula is C14H19NO3. The van der Waals surface area contributed by atoms with E-state index in [0.29, 0.717) is 0 Å². The van der Waals surface area contributed by atoms with E-state index in [1.165, 1.54) is 11.1 Å². The van der Waals surface area contributed by atoms with Crippen LogP contribution < -0.4 is 10.1 Å². The Morgan fingerprint density at radius 3 is 3.00 bits per heavy atom. The van der Waals surface area contributed by atoms with Crippen LogP contribution in [-0.4, -0.2) is 24.2 Å². The van der Waals surface area contributed by atoms with Gasteiger partial charge in [0.15, 0.2) is 0 Å². The van der Waals surface area contributed by atoms with Crippen molar-refractivity contribution >= 4 is 5.97 Å². The molecule has 2 N–H and O–H groups in total. The lowest BCUT2D eigenvalue weighted by atomic mass is 9.87. The molecule has 0 fully saturated rings. The van der Waals surface area contributed by atoms with Crippen LogP contribution in [0.5, 0.6) is 5.75 Å². The molecule has 0 spiro atoms. The predicted octanol–water partition coefficient (Wildman–Crippen LogP) is 2.14. The van der Waals surface area contributed by atoms with Crippen LogP contribution in [-0.2, 0) is 11.2 Å². The van der Waals surface area contributed by atoms with Crippen LogP contribution in [0.25, 0.3) is 0 Å². The fourth-order valence-corrected chi connectivity index (χ4v) is 2.46. The average molecular weight is 249 g/mol. The van der Waals surface area contributed by atoms with Crippen molar-refractivity contribution in [2.75, 3.05) is 7.11 Å². The Labute approximate surface area is 107 Å². The van der Waals surface area contributed by atoms with Gasteiger partial charge in [0.05, 0.1) is 7.11 Å². The molecule has 0 bridgehead atoms. The summed E-state index contributed by atoms with van der Waals surface area (Å²) in [4.78, 5) is 10.9. The largest absolute Gasteiger partial charge is 0.497 e. The second kappa shape index (κ2) is 5.40.